The molecule has 1 aromatic heterocycles. The van der Waals surface area contributed by atoms with Crippen molar-refractivity contribution in [2.45, 2.75) is 51.2 Å². The molecule has 0 radical (unpaired) electrons. The number of nitrogens with zero attached hydrogens (tertiary/aromatic N) is 2. The quantitative estimate of drug-likeness (QED) is 0.467. The molecular formula is C30H35N3O2S. The Balaban J connectivity index is 1.36. The SMILES string of the molecule is CC(C)CN1C(=O)c2ccccc2[C@@H](C(=O)NC2CCN(Cc3ccccc3)CC2)[C@@H]1c1cccs1. The Hall–Kier alpha value is -2.96. The average molecular weight is 502 g/mol. The molecule has 0 saturated carbocycles. The molecule has 5 rings (SSSR count). The van der Waals surface area contributed by atoms with Crippen LogP contribution in [0.15, 0.2) is 72.1 Å². The summed E-state index contributed by atoms with van der Waals surface area (Å²) >= 11 is 1.62. The molecule has 2 aliphatic rings. The van der Waals surface area contributed by atoms with Crippen LogP contribution < -0.4 is 5.32 Å². The van der Waals surface area contributed by atoms with Gasteiger partial charge in [-0.25, -0.2) is 0 Å². The molecule has 0 aliphatic carbocycles. The summed E-state index contributed by atoms with van der Waals surface area (Å²) in [5, 5.41) is 5.43. The number of hydrogen-bond acceptors (Lipinski definition) is 4. The number of amides is 2. The van der Waals surface area contributed by atoms with Gasteiger partial charge in [0.05, 0.1) is 12.0 Å². The molecule has 5 nitrogen and oxygen atoms in total. The maximum Gasteiger partial charge on any atom is 0.254 e. The van der Waals surface area contributed by atoms with Gasteiger partial charge in [0.25, 0.3) is 5.91 Å². The summed E-state index contributed by atoms with van der Waals surface area (Å²) in [6.45, 7) is 7.75. The van der Waals surface area contributed by atoms with Gasteiger partial charge in [-0.3, -0.25) is 14.5 Å². The summed E-state index contributed by atoms with van der Waals surface area (Å²) < 4.78 is 0. The van der Waals surface area contributed by atoms with Crippen molar-refractivity contribution in [3.8, 4) is 0 Å². The zero-order valence-corrected chi connectivity index (χ0v) is 21.9. The monoisotopic (exact) mass is 501 g/mol. The number of piperidine rings is 1. The van der Waals surface area contributed by atoms with Gasteiger partial charge in [-0.05, 0) is 47.4 Å². The van der Waals surface area contributed by atoms with Crippen molar-refractivity contribution < 1.29 is 9.59 Å². The first kappa shape index (κ1) is 24.7. The number of nitrogens with one attached hydrogen (secondary N) is 1. The average Bonchev–Trinajstić information content (AvgIpc) is 3.42. The van der Waals surface area contributed by atoms with E-state index in [1.807, 2.05) is 46.7 Å². The number of hydrogen-bond donors (Lipinski definition) is 1. The summed E-state index contributed by atoms with van der Waals surface area (Å²) in [7, 11) is 0. The maximum absolute atomic E-state index is 14.0. The molecule has 1 N–H and O–H groups in total. The summed E-state index contributed by atoms with van der Waals surface area (Å²) in [5.41, 5.74) is 2.83. The highest BCUT2D eigenvalue weighted by Crippen LogP contribution is 2.44. The van der Waals surface area contributed by atoms with Crippen molar-refractivity contribution in [3.05, 3.63) is 93.7 Å². The minimum absolute atomic E-state index is 0.0240. The van der Waals surface area contributed by atoms with Crippen LogP contribution in [0.1, 0.15) is 65.0 Å². The molecule has 2 amide bonds. The predicted octanol–water partition coefficient (Wildman–Crippen LogP) is 5.47. The highest BCUT2D eigenvalue weighted by Gasteiger charge is 2.45. The Morgan fingerprint density at radius 1 is 1.00 bits per heavy atom. The van der Waals surface area contributed by atoms with Crippen LogP contribution in [0, 0.1) is 5.92 Å². The van der Waals surface area contributed by atoms with Crippen LogP contribution in [0.4, 0.5) is 0 Å². The fraction of sp³-hybridized carbons (Fsp3) is 0.400. The molecule has 0 bridgehead atoms. The molecule has 3 heterocycles. The first-order valence-electron chi connectivity index (χ1n) is 13.0. The van der Waals surface area contributed by atoms with E-state index in [9.17, 15) is 9.59 Å². The van der Waals surface area contributed by atoms with E-state index in [2.05, 4.69) is 54.4 Å². The second-order valence-corrected chi connectivity index (χ2v) is 11.4. The molecule has 1 saturated heterocycles. The standard InChI is InChI=1S/C30H35N3O2S/c1-21(2)19-33-28(26-13-8-18-36-26)27(24-11-6-7-12-25(24)30(33)35)29(34)31-23-14-16-32(17-15-23)20-22-9-4-3-5-10-22/h3-13,18,21,23,27-28H,14-17,19-20H2,1-2H3,(H,31,34)/t27-,28+/m1/s1. The highest BCUT2D eigenvalue weighted by molar-refractivity contribution is 7.10. The van der Waals surface area contributed by atoms with Gasteiger partial charge in [-0.1, -0.05) is 68.4 Å². The zero-order chi connectivity index (χ0) is 25.1. The predicted molar refractivity (Wildman–Crippen MR) is 145 cm³/mol. The summed E-state index contributed by atoms with van der Waals surface area (Å²) in [6, 6.07) is 22.2. The van der Waals surface area contributed by atoms with E-state index in [1.54, 1.807) is 11.3 Å². The van der Waals surface area contributed by atoms with E-state index in [-0.39, 0.29) is 23.9 Å². The van der Waals surface area contributed by atoms with Gasteiger partial charge in [-0.15, -0.1) is 11.3 Å². The molecule has 0 unspecified atom stereocenters. The maximum atomic E-state index is 14.0. The zero-order valence-electron chi connectivity index (χ0n) is 21.1. The molecule has 2 aliphatic heterocycles. The van der Waals surface area contributed by atoms with Crippen molar-refractivity contribution in [2.24, 2.45) is 5.92 Å². The van der Waals surface area contributed by atoms with Crippen LogP contribution in [0.25, 0.3) is 0 Å². The molecule has 3 aromatic rings. The normalized spacial score (nSPS) is 21.0. The Labute approximate surface area is 218 Å². The van der Waals surface area contributed by atoms with Crippen molar-refractivity contribution >= 4 is 23.2 Å². The smallest absolute Gasteiger partial charge is 0.254 e. The number of benzene rings is 2. The van der Waals surface area contributed by atoms with E-state index in [0.717, 1.165) is 42.9 Å². The van der Waals surface area contributed by atoms with Gasteiger partial charge in [0.1, 0.15) is 0 Å². The van der Waals surface area contributed by atoms with E-state index in [1.165, 1.54) is 5.56 Å². The summed E-state index contributed by atoms with van der Waals surface area (Å²) in [5.74, 6) is -0.0578. The largest absolute Gasteiger partial charge is 0.353 e. The Morgan fingerprint density at radius 2 is 1.72 bits per heavy atom. The second kappa shape index (κ2) is 11.0. The molecule has 6 heteroatoms. The van der Waals surface area contributed by atoms with Crippen LogP contribution in [-0.4, -0.2) is 47.3 Å². The van der Waals surface area contributed by atoms with Crippen molar-refractivity contribution in [2.75, 3.05) is 19.6 Å². The first-order valence-corrected chi connectivity index (χ1v) is 13.9. The lowest BCUT2D eigenvalue weighted by Crippen LogP contribution is -2.51. The fourth-order valence-corrected chi connectivity index (χ4v) is 6.49. The van der Waals surface area contributed by atoms with Crippen LogP contribution in [0.5, 0.6) is 0 Å². The topological polar surface area (TPSA) is 52.7 Å². The highest BCUT2D eigenvalue weighted by atomic mass is 32.1. The minimum Gasteiger partial charge on any atom is -0.353 e. The molecular weight excluding hydrogens is 466 g/mol. The number of carbonyl (C=O) groups excluding carboxylic acids is 2. The molecule has 188 valence electrons. The van der Waals surface area contributed by atoms with E-state index in [4.69, 9.17) is 0 Å². The lowest BCUT2D eigenvalue weighted by molar-refractivity contribution is -0.125. The van der Waals surface area contributed by atoms with Crippen LogP contribution >= 0.6 is 11.3 Å². The third-order valence-corrected chi connectivity index (χ3v) is 8.24. The van der Waals surface area contributed by atoms with Crippen LogP contribution in [-0.2, 0) is 11.3 Å². The molecule has 1 fully saturated rings. The fourth-order valence-electron chi connectivity index (χ4n) is 5.61. The summed E-state index contributed by atoms with van der Waals surface area (Å²) in [4.78, 5) is 33.0. The Bertz CT molecular complexity index is 1170. The lowest BCUT2D eigenvalue weighted by Gasteiger charge is -2.42. The molecule has 2 aromatic carbocycles. The van der Waals surface area contributed by atoms with Crippen molar-refractivity contribution in [1.82, 2.24) is 15.1 Å². The van der Waals surface area contributed by atoms with Gasteiger partial charge < -0.3 is 10.2 Å². The number of carbonyl (C=O) groups is 2. The number of rotatable bonds is 7. The number of likely N-dealkylation sites (tertiary alicyclic amines) is 1. The minimum atomic E-state index is -0.418. The van der Waals surface area contributed by atoms with Crippen molar-refractivity contribution in [1.29, 1.82) is 0 Å². The van der Waals surface area contributed by atoms with Crippen molar-refractivity contribution in [3.63, 3.8) is 0 Å². The second-order valence-electron chi connectivity index (χ2n) is 10.4. The first-order chi connectivity index (χ1) is 17.5. The Kier molecular flexibility index (Phi) is 7.54. The number of thiophene rings is 1. The van der Waals surface area contributed by atoms with E-state index >= 15 is 0 Å². The van der Waals surface area contributed by atoms with E-state index in [0.29, 0.717) is 18.0 Å². The van der Waals surface area contributed by atoms with Crippen LogP contribution in [0.2, 0.25) is 0 Å². The molecule has 2 atom stereocenters. The Morgan fingerprint density at radius 3 is 2.42 bits per heavy atom. The van der Waals surface area contributed by atoms with Gasteiger partial charge >= 0.3 is 0 Å². The van der Waals surface area contributed by atoms with Gasteiger partial charge in [0, 0.05) is 42.7 Å². The molecule has 36 heavy (non-hydrogen) atoms. The lowest BCUT2D eigenvalue weighted by atomic mass is 9.80. The third-order valence-electron chi connectivity index (χ3n) is 7.30. The molecule has 0 spiro atoms. The number of fused-ring (bicyclic) bond motifs is 1. The van der Waals surface area contributed by atoms with Crippen LogP contribution in [0.3, 0.4) is 0 Å². The van der Waals surface area contributed by atoms with Gasteiger partial charge in [0.15, 0.2) is 0 Å². The van der Waals surface area contributed by atoms with Gasteiger partial charge in [-0.2, -0.15) is 0 Å². The van der Waals surface area contributed by atoms with E-state index < -0.39 is 5.92 Å². The summed E-state index contributed by atoms with van der Waals surface area (Å²) in [6.07, 6.45) is 1.87. The van der Waals surface area contributed by atoms with Gasteiger partial charge in [0.2, 0.25) is 5.91 Å². The third kappa shape index (κ3) is 5.25.